The maximum Gasteiger partial charge on any atom is 0.307 e. The molecular formula is C15H23NO3. The molecule has 0 fully saturated rings. The monoisotopic (exact) mass is 265 g/mol. The van der Waals surface area contributed by atoms with Crippen molar-refractivity contribution in [3.8, 4) is 5.75 Å². The van der Waals surface area contributed by atoms with Crippen molar-refractivity contribution < 1.29 is 14.6 Å². The van der Waals surface area contributed by atoms with Crippen molar-refractivity contribution >= 4 is 5.97 Å². The number of rotatable bonds is 7. The zero-order valence-corrected chi connectivity index (χ0v) is 12.1. The van der Waals surface area contributed by atoms with E-state index in [1.54, 1.807) is 14.0 Å². The van der Waals surface area contributed by atoms with Gasteiger partial charge < -0.3 is 15.2 Å². The molecule has 2 N–H and O–H groups in total. The van der Waals surface area contributed by atoms with Gasteiger partial charge in [-0.05, 0) is 6.07 Å². The maximum atomic E-state index is 10.8. The van der Waals surface area contributed by atoms with Gasteiger partial charge in [-0.2, -0.15) is 0 Å². The van der Waals surface area contributed by atoms with Crippen LogP contribution >= 0.6 is 0 Å². The number of carboxylic acids is 1. The van der Waals surface area contributed by atoms with Crippen molar-refractivity contribution in [2.75, 3.05) is 20.2 Å². The van der Waals surface area contributed by atoms with Gasteiger partial charge in [-0.3, -0.25) is 4.79 Å². The lowest BCUT2D eigenvalue weighted by molar-refractivity contribution is -0.140. The summed E-state index contributed by atoms with van der Waals surface area (Å²) in [4.78, 5) is 10.8. The first-order valence-corrected chi connectivity index (χ1v) is 6.45. The molecule has 0 radical (unpaired) electrons. The first-order valence-electron chi connectivity index (χ1n) is 6.45. The van der Waals surface area contributed by atoms with Gasteiger partial charge in [0.25, 0.3) is 0 Å². The standard InChI is InChI=1S/C15H23NO3/c1-11(14(17)18)9-16-10-15(2,3)12-7-5-6-8-13(12)19-4/h5-8,11,16H,9-10H2,1-4H3,(H,17,18). The second kappa shape index (κ2) is 6.57. The number of carbonyl (C=O) groups is 1. The molecule has 106 valence electrons. The van der Waals surface area contributed by atoms with Gasteiger partial charge in [0.05, 0.1) is 13.0 Å². The lowest BCUT2D eigenvalue weighted by Crippen LogP contribution is -2.36. The molecule has 1 unspecified atom stereocenters. The Labute approximate surface area is 114 Å². The first kappa shape index (κ1) is 15.5. The van der Waals surface area contributed by atoms with Crippen LogP contribution in [0.2, 0.25) is 0 Å². The Morgan fingerprint density at radius 3 is 2.63 bits per heavy atom. The van der Waals surface area contributed by atoms with Crippen LogP contribution < -0.4 is 10.1 Å². The van der Waals surface area contributed by atoms with E-state index in [0.29, 0.717) is 13.1 Å². The summed E-state index contributed by atoms with van der Waals surface area (Å²) >= 11 is 0. The van der Waals surface area contributed by atoms with Crippen LogP contribution in [0.3, 0.4) is 0 Å². The highest BCUT2D eigenvalue weighted by Crippen LogP contribution is 2.30. The van der Waals surface area contributed by atoms with Crippen molar-refractivity contribution in [3.05, 3.63) is 29.8 Å². The average Bonchev–Trinajstić information content (AvgIpc) is 2.38. The minimum absolute atomic E-state index is 0.120. The fraction of sp³-hybridized carbons (Fsp3) is 0.533. The van der Waals surface area contributed by atoms with Crippen LogP contribution in [0.25, 0.3) is 0 Å². The Bertz CT molecular complexity index is 429. The maximum absolute atomic E-state index is 10.8. The van der Waals surface area contributed by atoms with E-state index in [1.807, 2.05) is 24.3 Å². The Balaban J connectivity index is 2.67. The normalized spacial score (nSPS) is 13.1. The number of ether oxygens (including phenoxy) is 1. The predicted molar refractivity (Wildman–Crippen MR) is 75.7 cm³/mol. The molecule has 4 nitrogen and oxygen atoms in total. The largest absolute Gasteiger partial charge is 0.496 e. The smallest absolute Gasteiger partial charge is 0.307 e. The molecule has 0 spiro atoms. The van der Waals surface area contributed by atoms with Crippen molar-refractivity contribution in [2.24, 2.45) is 5.92 Å². The molecule has 4 heteroatoms. The number of benzene rings is 1. The molecule has 0 heterocycles. The summed E-state index contributed by atoms with van der Waals surface area (Å²) < 4.78 is 5.38. The van der Waals surface area contributed by atoms with Crippen LogP contribution in [0.1, 0.15) is 26.3 Å². The van der Waals surface area contributed by atoms with E-state index in [-0.39, 0.29) is 11.3 Å². The van der Waals surface area contributed by atoms with Gasteiger partial charge in [0, 0.05) is 24.1 Å². The summed E-state index contributed by atoms with van der Waals surface area (Å²) in [7, 11) is 1.66. The van der Waals surface area contributed by atoms with Crippen LogP contribution in [-0.2, 0) is 10.2 Å². The average molecular weight is 265 g/mol. The highest BCUT2D eigenvalue weighted by atomic mass is 16.5. The molecule has 0 aromatic heterocycles. The van der Waals surface area contributed by atoms with Crippen LogP contribution in [0.4, 0.5) is 0 Å². The van der Waals surface area contributed by atoms with Crippen LogP contribution in [0.15, 0.2) is 24.3 Å². The summed E-state index contributed by atoms with van der Waals surface area (Å²) in [5.41, 5.74) is 0.998. The van der Waals surface area contributed by atoms with E-state index in [1.165, 1.54) is 0 Å². The van der Waals surface area contributed by atoms with Crippen molar-refractivity contribution in [1.82, 2.24) is 5.32 Å². The molecule has 0 saturated carbocycles. The fourth-order valence-corrected chi connectivity index (χ4v) is 1.99. The molecule has 1 aromatic rings. The molecule has 0 aliphatic carbocycles. The van der Waals surface area contributed by atoms with Crippen molar-refractivity contribution in [3.63, 3.8) is 0 Å². The summed E-state index contributed by atoms with van der Waals surface area (Å²) in [6.45, 7) is 7.09. The van der Waals surface area contributed by atoms with E-state index in [9.17, 15) is 4.79 Å². The van der Waals surface area contributed by atoms with Gasteiger partial charge in [0.1, 0.15) is 5.75 Å². The molecule has 0 bridgehead atoms. The SMILES string of the molecule is COc1ccccc1C(C)(C)CNCC(C)C(=O)O. The second-order valence-electron chi connectivity index (χ2n) is 5.45. The summed E-state index contributed by atoms with van der Waals surface area (Å²) in [6.07, 6.45) is 0. The number of para-hydroxylation sites is 1. The zero-order chi connectivity index (χ0) is 14.5. The molecule has 0 aliphatic heterocycles. The van der Waals surface area contributed by atoms with Crippen molar-refractivity contribution in [2.45, 2.75) is 26.2 Å². The molecular weight excluding hydrogens is 242 g/mol. The minimum Gasteiger partial charge on any atom is -0.496 e. The number of hydrogen-bond donors (Lipinski definition) is 2. The third-order valence-corrected chi connectivity index (χ3v) is 3.28. The van der Waals surface area contributed by atoms with Crippen molar-refractivity contribution in [1.29, 1.82) is 0 Å². The number of methoxy groups -OCH3 is 1. The van der Waals surface area contributed by atoms with E-state index in [4.69, 9.17) is 9.84 Å². The Morgan fingerprint density at radius 2 is 2.05 bits per heavy atom. The van der Waals surface area contributed by atoms with Gasteiger partial charge in [0.15, 0.2) is 0 Å². The second-order valence-corrected chi connectivity index (χ2v) is 5.45. The Morgan fingerprint density at radius 1 is 1.42 bits per heavy atom. The summed E-state index contributed by atoms with van der Waals surface area (Å²) in [5.74, 6) is -0.295. The topological polar surface area (TPSA) is 58.6 Å². The predicted octanol–water partition coefficient (Wildman–Crippen LogP) is 2.28. The number of aliphatic carboxylic acids is 1. The van der Waals surface area contributed by atoms with E-state index in [0.717, 1.165) is 11.3 Å². The lowest BCUT2D eigenvalue weighted by Gasteiger charge is -2.28. The van der Waals surface area contributed by atoms with Crippen LogP contribution in [-0.4, -0.2) is 31.3 Å². The number of carboxylic acid groups (broad SMARTS) is 1. The van der Waals surface area contributed by atoms with Crippen LogP contribution in [0.5, 0.6) is 5.75 Å². The van der Waals surface area contributed by atoms with E-state index in [2.05, 4.69) is 19.2 Å². The summed E-state index contributed by atoms with van der Waals surface area (Å²) in [6, 6.07) is 7.91. The van der Waals surface area contributed by atoms with Gasteiger partial charge in [-0.25, -0.2) is 0 Å². The van der Waals surface area contributed by atoms with Crippen LogP contribution in [0, 0.1) is 5.92 Å². The third-order valence-electron chi connectivity index (χ3n) is 3.28. The van der Waals surface area contributed by atoms with Gasteiger partial charge in [-0.1, -0.05) is 39.0 Å². The van der Waals surface area contributed by atoms with E-state index >= 15 is 0 Å². The quantitative estimate of drug-likeness (QED) is 0.794. The zero-order valence-electron chi connectivity index (χ0n) is 12.1. The molecule has 0 aliphatic rings. The lowest BCUT2D eigenvalue weighted by atomic mass is 9.84. The Kier molecular flexibility index (Phi) is 5.36. The molecule has 1 rings (SSSR count). The molecule has 19 heavy (non-hydrogen) atoms. The highest BCUT2D eigenvalue weighted by Gasteiger charge is 2.24. The van der Waals surface area contributed by atoms with Gasteiger partial charge >= 0.3 is 5.97 Å². The number of nitrogens with one attached hydrogen (secondary N) is 1. The number of hydrogen-bond acceptors (Lipinski definition) is 3. The first-order chi connectivity index (χ1) is 8.88. The molecule has 1 aromatic carbocycles. The molecule has 0 saturated heterocycles. The molecule has 0 amide bonds. The van der Waals surface area contributed by atoms with E-state index < -0.39 is 5.97 Å². The fourth-order valence-electron chi connectivity index (χ4n) is 1.99. The Hall–Kier alpha value is -1.55. The summed E-state index contributed by atoms with van der Waals surface area (Å²) in [5, 5.41) is 12.1. The van der Waals surface area contributed by atoms with Gasteiger partial charge in [-0.15, -0.1) is 0 Å². The highest BCUT2D eigenvalue weighted by molar-refractivity contribution is 5.69. The third kappa shape index (κ3) is 4.24. The van der Waals surface area contributed by atoms with Gasteiger partial charge in [0.2, 0.25) is 0 Å². The molecule has 1 atom stereocenters. The minimum atomic E-state index is -0.775.